The Morgan fingerprint density at radius 2 is 2.31 bits per heavy atom. The summed E-state index contributed by atoms with van der Waals surface area (Å²) in [5.74, 6) is 0. The Bertz CT molecular complexity index is 516. The monoisotopic (exact) mass is 215 g/mol. The normalized spacial score (nSPS) is 11.1. The van der Waals surface area contributed by atoms with Gasteiger partial charge in [-0.15, -0.1) is 0 Å². The molecular formula is C12H13N3O. The van der Waals surface area contributed by atoms with Gasteiger partial charge in [0.1, 0.15) is 5.65 Å². The number of amides is 1. The van der Waals surface area contributed by atoms with E-state index in [4.69, 9.17) is 0 Å². The second-order valence-corrected chi connectivity index (χ2v) is 3.56. The molecule has 2 aromatic rings. The van der Waals surface area contributed by atoms with Crippen LogP contribution in [0.5, 0.6) is 0 Å². The number of hydrogen-bond acceptors (Lipinski definition) is 2. The van der Waals surface area contributed by atoms with Gasteiger partial charge in [0.15, 0.2) is 0 Å². The van der Waals surface area contributed by atoms with E-state index in [0.29, 0.717) is 6.41 Å². The highest BCUT2D eigenvalue weighted by atomic mass is 16.1. The molecule has 0 aliphatic rings. The predicted octanol–water partition coefficient (Wildman–Crippen LogP) is 1.60. The van der Waals surface area contributed by atoms with Gasteiger partial charge >= 0.3 is 0 Å². The van der Waals surface area contributed by atoms with Crippen LogP contribution in [0.4, 0.5) is 0 Å². The van der Waals surface area contributed by atoms with Crippen molar-refractivity contribution in [3.05, 3.63) is 35.8 Å². The summed E-state index contributed by atoms with van der Waals surface area (Å²) in [6.45, 7) is 2.05. The van der Waals surface area contributed by atoms with E-state index in [1.54, 1.807) is 12.4 Å². The molecule has 0 bridgehead atoms. The van der Waals surface area contributed by atoms with Crippen molar-refractivity contribution < 1.29 is 4.79 Å². The minimum Gasteiger partial charge on any atom is -0.335 e. The fourth-order valence-electron chi connectivity index (χ4n) is 1.86. The van der Waals surface area contributed by atoms with E-state index in [0.717, 1.165) is 22.3 Å². The molecule has 0 unspecified atom stereocenters. The average molecular weight is 215 g/mol. The second kappa shape index (κ2) is 4.18. The molecule has 16 heavy (non-hydrogen) atoms. The van der Waals surface area contributed by atoms with Crippen LogP contribution < -0.4 is 5.32 Å². The molecule has 0 aliphatic carbocycles. The molecule has 82 valence electrons. The van der Waals surface area contributed by atoms with Gasteiger partial charge in [0, 0.05) is 30.5 Å². The number of fused-ring (bicyclic) bond motifs is 1. The first-order valence-corrected chi connectivity index (χ1v) is 5.02. The molecule has 2 rings (SSSR count). The quantitative estimate of drug-likeness (QED) is 0.790. The van der Waals surface area contributed by atoms with Crippen molar-refractivity contribution in [3.8, 4) is 0 Å². The molecule has 2 aromatic heterocycles. The van der Waals surface area contributed by atoms with Crippen LogP contribution in [0.3, 0.4) is 0 Å². The van der Waals surface area contributed by atoms with E-state index < -0.39 is 0 Å². The fourth-order valence-corrected chi connectivity index (χ4v) is 1.86. The van der Waals surface area contributed by atoms with Crippen molar-refractivity contribution in [1.29, 1.82) is 0 Å². The average Bonchev–Trinajstić information content (AvgIpc) is 2.55. The van der Waals surface area contributed by atoms with E-state index in [2.05, 4.69) is 10.3 Å². The Kier molecular flexibility index (Phi) is 2.72. The number of rotatable bonds is 3. The van der Waals surface area contributed by atoms with E-state index in [9.17, 15) is 4.79 Å². The molecule has 0 spiro atoms. The first kappa shape index (κ1) is 10.4. The molecular weight excluding hydrogens is 202 g/mol. The summed E-state index contributed by atoms with van der Waals surface area (Å²) in [5, 5.41) is 3.64. The molecule has 4 nitrogen and oxygen atoms in total. The minimum absolute atomic E-state index is 0.646. The SMILES string of the molecule is Cc1c(/C=C\NC=O)n(C)c2ncccc12. The highest BCUT2D eigenvalue weighted by molar-refractivity contribution is 5.84. The zero-order valence-corrected chi connectivity index (χ0v) is 9.27. The lowest BCUT2D eigenvalue weighted by molar-refractivity contribution is -0.108. The number of nitrogens with zero attached hydrogens (tertiary/aromatic N) is 2. The topological polar surface area (TPSA) is 46.9 Å². The molecule has 0 saturated carbocycles. The first-order valence-electron chi connectivity index (χ1n) is 5.02. The summed E-state index contributed by atoms with van der Waals surface area (Å²) < 4.78 is 2.01. The number of aryl methyl sites for hydroxylation is 2. The third kappa shape index (κ3) is 1.58. The molecule has 0 atom stereocenters. The van der Waals surface area contributed by atoms with Gasteiger partial charge in [-0.1, -0.05) is 0 Å². The van der Waals surface area contributed by atoms with Gasteiger partial charge in [-0.2, -0.15) is 0 Å². The molecule has 2 heterocycles. The number of nitrogens with one attached hydrogen (secondary N) is 1. The van der Waals surface area contributed by atoms with Crippen LogP contribution in [-0.2, 0) is 11.8 Å². The van der Waals surface area contributed by atoms with Crippen LogP contribution in [-0.4, -0.2) is 16.0 Å². The Balaban J connectivity index is 2.57. The van der Waals surface area contributed by atoms with Crippen molar-refractivity contribution >= 4 is 23.5 Å². The van der Waals surface area contributed by atoms with Crippen LogP contribution in [0.25, 0.3) is 17.1 Å². The van der Waals surface area contributed by atoms with Gasteiger partial charge in [-0.3, -0.25) is 4.79 Å². The van der Waals surface area contributed by atoms with Crippen LogP contribution in [0, 0.1) is 6.92 Å². The molecule has 1 amide bonds. The highest BCUT2D eigenvalue weighted by Gasteiger charge is 2.09. The summed E-state index contributed by atoms with van der Waals surface area (Å²) in [5.41, 5.74) is 3.16. The van der Waals surface area contributed by atoms with E-state index >= 15 is 0 Å². The van der Waals surface area contributed by atoms with E-state index in [1.165, 1.54) is 0 Å². The van der Waals surface area contributed by atoms with Crippen LogP contribution in [0.15, 0.2) is 24.5 Å². The summed E-state index contributed by atoms with van der Waals surface area (Å²) in [4.78, 5) is 14.5. The summed E-state index contributed by atoms with van der Waals surface area (Å²) >= 11 is 0. The first-order chi connectivity index (χ1) is 7.75. The molecule has 4 heteroatoms. The number of pyridine rings is 1. The third-order valence-electron chi connectivity index (χ3n) is 2.66. The maximum Gasteiger partial charge on any atom is 0.211 e. The maximum atomic E-state index is 10.2. The smallest absolute Gasteiger partial charge is 0.211 e. The van der Waals surface area contributed by atoms with Crippen molar-refractivity contribution in [3.63, 3.8) is 0 Å². The number of aromatic nitrogens is 2. The molecule has 0 aromatic carbocycles. The van der Waals surface area contributed by atoms with Gasteiger partial charge in [-0.25, -0.2) is 4.98 Å². The minimum atomic E-state index is 0.646. The summed E-state index contributed by atoms with van der Waals surface area (Å²) in [7, 11) is 1.96. The van der Waals surface area contributed by atoms with Crippen molar-refractivity contribution in [2.75, 3.05) is 0 Å². The molecule has 0 radical (unpaired) electrons. The van der Waals surface area contributed by atoms with Crippen molar-refractivity contribution in [2.24, 2.45) is 7.05 Å². The van der Waals surface area contributed by atoms with Crippen LogP contribution in [0.2, 0.25) is 0 Å². The number of hydrogen-bond donors (Lipinski definition) is 1. The van der Waals surface area contributed by atoms with Gasteiger partial charge < -0.3 is 9.88 Å². The van der Waals surface area contributed by atoms with Crippen molar-refractivity contribution in [2.45, 2.75) is 6.92 Å². The Labute approximate surface area is 93.6 Å². The van der Waals surface area contributed by atoms with Crippen LogP contribution >= 0.6 is 0 Å². The summed E-state index contributed by atoms with van der Waals surface area (Å²) in [6.07, 6.45) is 5.91. The number of carbonyl (C=O) groups is 1. The molecule has 1 N–H and O–H groups in total. The van der Waals surface area contributed by atoms with Crippen LogP contribution in [0.1, 0.15) is 11.3 Å². The van der Waals surface area contributed by atoms with Gasteiger partial charge in [-0.05, 0) is 30.7 Å². The lowest BCUT2D eigenvalue weighted by atomic mass is 10.2. The lowest BCUT2D eigenvalue weighted by Crippen LogP contribution is -1.99. The maximum absolute atomic E-state index is 10.2. The van der Waals surface area contributed by atoms with Gasteiger partial charge in [0.25, 0.3) is 0 Å². The van der Waals surface area contributed by atoms with Crippen molar-refractivity contribution in [1.82, 2.24) is 14.9 Å². The Hall–Kier alpha value is -2.10. The largest absolute Gasteiger partial charge is 0.335 e. The third-order valence-corrected chi connectivity index (χ3v) is 2.66. The highest BCUT2D eigenvalue weighted by Crippen LogP contribution is 2.23. The van der Waals surface area contributed by atoms with E-state index in [-0.39, 0.29) is 0 Å². The van der Waals surface area contributed by atoms with Gasteiger partial charge in [0.05, 0.1) is 0 Å². The Morgan fingerprint density at radius 3 is 3.00 bits per heavy atom. The Morgan fingerprint density at radius 1 is 1.50 bits per heavy atom. The summed E-state index contributed by atoms with van der Waals surface area (Å²) in [6, 6.07) is 3.97. The van der Waals surface area contributed by atoms with Gasteiger partial charge in [0.2, 0.25) is 6.41 Å². The zero-order valence-electron chi connectivity index (χ0n) is 9.27. The molecule has 0 fully saturated rings. The molecule has 0 aliphatic heterocycles. The zero-order chi connectivity index (χ0) is 11.5. The second-order valence-electron chi connectivity index (χ2n) is 3.56. The lowest BCUT2D eigenvalue weighted by Gasteiger charge is -1.98. The predicted molar refractivity (Wildman–Crippen MR) is 63.7 cm³/mol. The fraction of sp³-hybridized carbons (Fsp3) is 0.167. The number of carbonyl (C=O) groups excluding carboxylic acids is 1. The van der Waals surface area contributed by atoms with E-state index in [1.807, 2.05) is 36.7 Å². The standard InChI is InChI=1S/C12H13N3O/c1-9-10-4-3-6-14-12(10)15(2)11(9)5-7-13-8-16/h3-8H,1-2H3,(H,13,16)/b7-5-. The molecule has 0 saturated heterocycles.